The van der Waals surface area contributed by atoms with Crippen molar-refractivity contribution in [1.82, 2.24) is 14.1 Å². The molecule has 0 aliphatic heterocycles. The number of benzene rings is 6. The van der Waals surface area contributed by atoms with Crippen LogP contribution in [-0.2, 0) is 0 Å². The standard InChI is InChI=1S/C43H25N5/c44-25-29-24-30(47-39-16-5-1-10-34(39)35-11-2-6-17-40(35)47)21-22-32(29)33-15-9-14-31(38(33)26-45)28-20-23-43(46-27-28)48-41-18-7-3-12-36(41)37-13-4-8-19-42(37)48/h1-24,27H. The van der Waals surface area contributed by atoms with Crippen molar-refractivity contribution in [3.63, 3.8) is 0 Å². The summed E-state index contributed by atoms with van der Waals surface area (Å²) in [5.74, 6) is 0.804. The van der Waals surface area contributed by atoms with Gasteiger partial charge >= 0.3 is 0 Å². The second-order valence-corrected chi connectivity index (χ2v) is 11.8. The highest BCUT2D eigenvalue weighted by molar-refractivity contribution is 6.10. The summed E-state index contributed by atoms with van der Waals surface area (Å²) in [5, 5.41) is 25.6. The third-order valence-electron chi connectivity index (χ3n) is 9.30. The maximum Gasteiger partial charge on any atom is 0.137 e. The molecule has 222 valence electrons. The van der Waals surface area contributed by atoms with E-state index < -0.39 is 0 Å². The van der Waals surface area contributed by atoms with Gasteiger partial charge in [-0.1, -0.05) is 97.1 Å². The highest BCUT2D eigenvalue weighted by Gasteiger charge is 2.18. The van der Waals surface area contributed by atoms with Crippen molar-refractivity contribution in [3.8, 4) is 45.9 Å². The molecule has 0 saturated heterocycles. The summed E-state index contributed by atoms with van der Waals surface area (Å²) >= 11 is 0. The Morgan fingerprint density at radius 3 is 1.52 bits per heavy atom. The van der Waals surface area contributed by atoms with Crippen molar-refractivity contribution >= 4 is 43.6 Å². The lowest BCUT2D eigenvalue weighted by molar-refractivity contribution is 1.08. The molecular weight excluding hydrogens is 587 g/mol. The highest BCUT2D eigenvalue weighted by Crippen LogP contribution is 2.37. The summed E-state index contributed by atoms with van der Waals surface area (Å²) in [6, 6.07) is 53.9. The molecule has 0 fully saturated rings. The number of fused-ring (bicyclic) bond motifs is 6. The Balaban J connectivity index is 1.15. The van der Waals surface area contributed by atoms with Crippen LogP contribution in [0.2, 0.25) is 0 Å². The molecule has 0 N–H and O–H groups in total. The molecule has 0 aliphatic rings. The molecule has 3 heterocycles. The molecule has 5 heteroatoms. The van der Waals surface area contributed by atoms with Gasteiger partial charge in [0, 0.05) is 55.7 Å². The van der Waals surface area contributed by atoms with Crippen molar-refractivity contribution in [2.45, 2.75) is 0 Å². The predicted octanol–water partition coefficient (Wildman–Crippen LogP) is 10.4. The Kier molecular flexibility index (Phi) is 6.18. The molecule has 9 aromatic rings. The zero-order chi connectivity index (χ0) is 32.2. The Labute approximate surface area is 276 Å². The van der Waals surface area contributed by atoms with Crippen LogP contribution in [0.5, 0.6) is 0 Å². The Bertz CT molecular complexity index is 2700. The van der Waals surface area contributed by atoms with Gasteiger partial charge in [-0.2, -0.15) is 10.5 Å². The molecule has 5 nitrogen and oxygen atoms in total. The van der Waals surface area contributed by atoms with Gasteiger partial charge in [-0.25, -0.2) is 4.98 Å². The van der Waals surface area contributed by atoms with Gasteiger partial charge in [0.15, 0.2) is 0 Å². The lowest BCUT2D eigenvalue weighted by Gasteiger charge is -2.14. The monoisotopic (exact) mass is 611 g/mol. The van der Waals surface area contributed by atoms with Gasteiger partial charge in [0.05, 0.1) is 39.3 Å². The van der Waals surface area contributed by atoms with Crippen molar-refractivity contribution in [1.29, 1.82) is 10.5 Å². The predicted molar refractivity (Wildman–Crippen MR) is 193 cm³/mol. The number of pyridine rings is 1. The van der Waals surface area contributed by atoms with Crippen LogP contribution in [0.3, 0.4) is 0 Å². The van der Waals surface area contributed by atoms with E-state index in [1.165, 1.54) is 10.8 Å². The quantitative estimate of drug-likeness (QED) is 0.199. The van der Waals surface area contributed by atoms with E-state index in [-0.39, 0.29) is 0 Å². The van der Waals surface area contributed by atoms with Crippen LogP contribution in [0.4, 0.5) is 0 Å². The van der Waals surface area contributed by atoms with E-state index in [0.29, 0.717) is 16.7 Å². The van der Waals surface area contributed by atoms with Gasteiger partial charge in [0.1, 0.15) is 11.9 Å². The van der Waals surface area contributed by atoms with Crippen LogP contribution in [0.1, 0.15) is 11.1 Å². The molecule has 0 saturated carbocycles. The largest absolute Gasteiger partial charge is 0.309 e. The maximum absolute atomic E-state index is 10.5. The van der Waals surface area contributed by atoms with E-state index in [9.17, 15) is 10.5 Å². The van der Waals surface area contributed by atoms with Crippen molar-refractivity contribution in [2.24, 2.45) is 0 Å². The van der Waals surface area contributed by atoms with E-state index in [4.69, 9.17) is 4.98 Å². The summed E-state index contributed by atoms with van der Waals surface area (Å²) in [7, 11) is 0. The number of hydrogen-bond acceptors (Lipinski definition) is 3. The van der Waals surface area contributed by atoms with Gasteiger partial charge in [-0.3, -0.25) is 4.57 Å². The van der Waals surface area contributed by atoms with Crippen molar-refractivity contribution in [2.75, 3.05) is 0 Å². The lowest BCUT2D eigenvalue weighted by Crippen LogP contribution is -1.98. The van der Waals surface area contributed by atoms with Gasteiger partial charge in [0.2, 0.25) is 0 Å². The van der Waals surface area contributed by atoms with E-state index in [2.05, 4.69) is 81.9 Å². The molecule has 48 heavy (non-hydrogen) atoms. The van der Waals surface area contributed by atoms with Gasteiger partial charge in [-0.05, 0) is 48.5 Å². The molecule has 0 aliphatic carbocycles. The molecule has 0 atom stereocenters. The zero-order valence-corrected chi connectivity index (χ0v) is 25.7. The number of para-hydroxylation sites is 4. The average Bonchev–Trinajstić information content (AvgIpc) is 3.67. The third-order valence-corrected chi connectivity index (χ3v) is 9.30. The minimum Gasteiger partial charge on any atom is -0.309 e. The lowest BCUT2D eigenvalue weighted by atomic mass is 9.91. The van der Waals surface area contributed by atoms with Crippen LogP contribution in [-0.4, -0.2) is 14.1 Å². The average molecular weight is 612 g/mol. The number of aromatic nitrogens is 3. The van der Waals surface area contributed by atoms with Crippen molar-refractivity contribution in [3.05, 3.63) is 163 Å². The van der Waals surface area contributed by atoms with Crippen LogP contribution in [0.15, 0.2) is 152 Å². The van der Waals surface area contributed by atoms with Crippen LogP contribution < -0.4 is 0 Å². The van der Waals surface area contributed by atoms with Crippen LogP contribution >= 0.6 is 0 Å². The molecule has 0 amide bonds. The number of nitrogens with zero attached hydrogens (tertiary/aromatic N) is 5. The Hall–Kier alpha value is -6.95. The fourth-order valence-electron chi connectivity index (χ4n) is 7.18. The molecular formula is C43H25N5. The molecule has 0 bridgehead atoms. The third kappa shape index (κ3) is 4.06. The molecule has 3 aromatic heterocycles. The van der Waals surface area contributed by atoms with Gasteiger partial charge in [-0.15, -0.1) is 0 Å². The topological polar surface area (TPSA) is 70.3 Å². The van der Waals surface area contributed by atoms with E-state index in [1.54, 1.807) is 0 Å². The summed E-state index contributed by atoms with van der Waals surface area (Å²) in [6.45, 7) is 0. The normalized spacial score (nSPS) is 11.3. The van der Waals surface area contributed by atoms with E-state index in [1.807, 2.05) is 91.1 Å². The summed E-state index contributed by atoms with van der Waals surface area (Å²) in [4.78, 5) is 4.90. The Morgan fingerprint density at radius 2 is 1.00 bits per heavy atom. The number of hydrogen-bond donors (Lipinski definition) is 0. The summed E-state index contributed by atoms with van der Waals surface area (Å²) < 4.78 is 4.37. The van der Waals surface area contributed by atoms with E-state index >= 15 is 0 Å². The first-order chi connectivity index (χ1) is 23.7. The molecule has 0 unspecified atom stereocenters. The summed E-state index contributed by atoms with van der Waals surface area (Å²) in [5.41, 5.74) is 9.27. The van der Waals surface area contributed by atoms with Gasteiger partial charge < -0.3 is 4.57 Å². The molecule has 9 rings (SSSR count). The second-order valence-electron chi connectivity index (χ2n) is 11.8. The summed E-state index contributed by atoms with van der Waals surface area (Å²) in [6.07, 6.45) is 1.83. The first kappa shape index (κ1) is 27.4. The van der Waals surface area contributed by atoms with Crippen LogP contribution in [0, 0.1) is 22.7 Å². The molecule has 6 aromatic carbocycles. The minimum absolute atomic E-state index is 0.503. The fourth-order valence-corrected chi connectivity index (χ4v) is 7.18. The smallest absolute Gasteiger partial charge is 0.137 e. The highest BCUT2D eigenvalue weighted by atomic mass is 15.1. The number of nitriles is 2. The molecule has 0 radical (unpaired) electrons. The SMILES string of the molecule is N#Cc1cc(-n2c3ccccc3c3ccccc32)ccc1-c1cccc(-c2ccc(-n3c4ccccc4c4ccccc43)nc2)c1C#N. The zero-order valence-electron chi connectivity index (χ0n) is 25.7. The number of rotatable bonds is 4. The van der Waals surface area contributed by atoms with Crippen molar-refractivity contribution < 1.29 is 0 Å². The van der Waals surface area contributed by atoms with E-state index in [0.717, 1.165) is 61.0 Å². The first-order valence-corrected chi connectivity index (χ1v) is 15.8. The first-order valence-electron chi connectivity index (χ1n) is 15.8. The Morgan fingerprint density at radius 1 is 0.458 bits per heavy atom. The van der Waals surface area contributed by atoms with Gasteiger partial charge in [0.25, 0.3) is 0 Å². The minimum atomic E-state index is 0.503. The van der Waals surface area contributed by atoms with Crippen LogP contribution in [0.25, 0.3) is 77.4 Å². The molecule has 0 spiro atoms. The maximum atomic E-state index is 10.5. The fraction of sp³-hybridized carbons (Fsp3) is 0. The second kappa shape index (κ2) is 10.8.